The zero-order valence-corrected chi connectivity index (χ0v) is 23.9. The maximum Gasteiger partial charge on any atom is 0.475 e. The van der Waals surface area contributed by atoms with Crippen molar-refractivity contribution in [1.29, 1.82) is 0 Å². The Kier molecular flexibility index (Phi) is 7.28. The smallest absolute Gasteiger partial charge is 0.382 e. The van der Waals surface area contributed by atoms with E-state index in [1.165, 1.54) is 11.8 Å². The second kappa shape index (κ2) is 9.46. The van der Waals surface area contributed by atoms with Gasteiger partial charge in [0.15, 0.2) is 28.6 Å². The van der Waals surface area contributed by atoms with E-state index in [1.54, 1.807) is 52.4 Å². The molecule has 0 aliphatic carbocycles. The van der Waals surface area contributed by atoms with Gasteiger partial charge in [-0.2, -0.15) is 0 Å². The third-order valence-electron chi connectivity index (χ3n) is 5.18. The fourth-order valence-corrected chi connectivity index (χ4v) is 6.30. The molecule has 2 aromatic heterocycles. The monoisotopic (exact) mass is 545 g/mol. The number of fused-ring (bicyclic) bond motifs is 2. The Balaban J connectivity index is 1.62. The highest BCUT2D eigenvalue weighted by atomic mass is 32.2. The molecule has 2 aliphatic heterocycles. The summed E-state index contributed by atoms with van der Waals surface area (Å²) in [4.78, 5) is 13.2. The van der Waals surface area contributed by atoms with Crippen molar-refractivity contribution in [3.63, 3.8) is 0 Å². The van der Waals surface area contributed by atoms with E-state index < -0.39 is 49.4 Å². The highest BCUT2D eigenvalue weighted by molar-refractivity contribution is 7.98. The number of thioether (sulfide) groups is 1. The fraction of sp³-hybridized carbons (Fsp3) is 0.773. The first kappa shape index (κ1) is 27.7. The van der Waals surface area contributed by atoms with Crippen LogP contribution in [0.4, 0.5) is 5.82 Å². The van der Waals surface area contributed by atoms with E-state index in [0.29, 0.717) is 16.3 Å². The van der Waals surface area contributed by atoms with Gasteiger partial charge in [-0.1, -0.05) is 11.8 Å². The standard InChI is InChI=1S/C22H36N5O7PS/c1-20(2,3)33-35(28,34-21(4,5)6)29-10-12-14-15(32-22(7,8)31-14)18(30-12)27-11-24-13-16(23)25-19(36-9)26-17(13)27/h11-12,14-15,18H,10H2,1-9H3,(H2,23,25,26)/t12-,14-,15-,18-/m1/s1. The number of ether oxygens (including phenoxy) is 3. The first-order chi connectivity index (χ1) is 16.5. The molecular weight excluding hydrogens is 509 g/mol. The van der Waals surface area contributed by atoms with Gasteiger partial charge in [-0.3, -0.25) is 18.1 Å². The number of nitrogen functional groups attached to an aromatic ring is 1. The van der Waals surface area contributed by atoms with Crippen molar-refractivity contribution < 1.29 is 32.3 Å². The Bertz CT molecular complexity index is 1140. The van der Waals surface area contributed by atoms with Gasteiger partial charge < -0.3 is 19.9 Å². The van der Waals surface area contributed by atoms with Crippen LogP contribution in [-0.2, 0) is 32.3 Å². The summed E-state index contributed by atoms with van der Waals surface area (Å²) < 4.78 is 51.4. The molecule has 2 aromatic rings. The lowest BCUT2D eigenvalue weighted by molar-refractivity contribution is -0.199. The lowest BCUT2D eigenvalue weighted by Crippen LogP contribution is -2.33. The highest BCUT2D eigenvalue weighted by Gasteiger charge is 2.57. The number of nitrogens with zero attached hydrogens (tertiary/aromatic N) is 4. The van der Waals surface area contributed by atoms with E-state index in [0.717, 1.165) is 0 Å². The average molecular weight is 546 g/mol. The number of anilines is 1. The Hall–Kier alpha value is -1.31. The highest BCUT2D eigenvalue weighted by Crippen LogP contribution is 2.56. The molecule has 2 saturated heterocycles. The van der Waals surface area contributed by atoms with Crippen LogP contribution < -0.4 is 5.73 Å². The second-order valence-corrected chi connectivity index (χ2v) is 13.5. The van der Waals surface area contributed by atoms with Crippen LogP contribution >= 0.6 is 19.6 Å². The van der Waals surface area contributed by atoms with Crippen molar-refractivity contribution >= 4 is 36.6 Å². The summed E-state index contributed by atoms with van der Waals surface area (Å²) in [6, 6.07) is 0. The first-order valence-electron chi connectivity index (χ1n) is 11.7. The van der Waals surface area contributed by atoms with Crippen LogP contribution in [0.5, 0.6) is 0 Å². The predicted octanol–water partition coefficient (Wildman–Crippen LogP) is 4.30. The van der Waals surface area contributed by atoms with Crippen molar-refractivity contribution in [3.05, 3.63) is 6.33 Å². The van der Waals surface area contributed by atoms with Crippen LogP contribution in [0.3, 0.4) is 0 Å². The molecule has 2 N–H and O–H groups in total. The molecule has 0 unspecified atom stereocenters. The molecule has 4 heterocycles. The van der Waals surface area contributed by atoms with Gasteiger partial charge in [0.25, 0.3) is 0 Å². The van der Waals surface area contributed by atoms with Crippen molar-refractivity contribution in [1.82, 2.24) is 19.5 Å². The van der Waals surface area contributed by atoms with Gasteiger partial charge in [-0.15, -0.1) is 0 Å². The normalized spacial score (nSPS) is 26.6. The van der Waals surface area contributed by atoms with Crippen molar-refractivity contribution in [2.75, 3.05) is 18.6 Å². The Morgan fingerprint density at radius 2 is 1.72 bits per heavy atom. The zero-order valence-electron chi connectivity index (χ0n) is 22.2. The van der Waals surface area contributed by atoms with E-state index in [9.17, 15) is 4.57 Å². The number of rotatable bonds is 7. The second-order valence-electron chi connectivity index (χ2n) is 11.2. The molecule has 14 heteroatoms. The molecule has 0 aromatic carbocycles. The van der Waals surface area contributed by atoms with Gasteiger partial charge >= 0.3 is 7.82 Å². The number of phosphoric acid groups is 1. The topological polar surface area (TPSA) is 142 Å². The van der Waals surface area contributed by atoms with Crippen LogP contribution in [0.2, 0.25) is 0 Å². The van der Waals surface area contributed by atoms with Gasteiger partial charge in [0.2, 0.25) is 0 Å². The molecule has 4 atom stereocenters. The lowest BCUT2D eigenvalue weighted by atomic mass is 10.1. The van der Waals surface area contributed by atoms with Crippen LogP contribution in [-0.4, -0.2) is 67.7 Å². The lowest BCUT2D eigenvalue weighted by Gasteiger charge is -2.32. The molecule has 36 heavy (non-hydrogen) atoms. The van der Waals surface area contributed by atoms with Crippen LogP contribution in [0, 0.1) is 0 Å². The molecule has 2 aliphatic rings. The summed E-state index contributed by atoms with van der Waals surface area (Å²) in [6.07, 6.45) is 1.15. The van der Waals surface area contributed by atoms with Gasteiger partial charge in [0.05, 0.1) is 24.1 Å². The summed E-state index contributed by atoms with van der Waals surface area (Å²) in [5.41, 5.74) is 5.56. The van der Waals surface area contributed by atoms with E-state index in [-0.39, 0.29) is 12.4 Å². The first-order valence-corrected chi connectivity index (χ1v) is 14.4. The average Bonchev–Trinajstić information content (AvgIpc) is 3.34. The summed E-state index contributed by atoms with van der Waals surface area (Å²) in [5.74, 6) is -0.584. The van der Waals surface area contributed by atoms with Crippen LogP contribution in [0.15, 0.2) is 11.5 Å². The number of aromatic nitrogens is 4. The third kappa shape index (κ3) is 6.05. The molecule has 2 fully saturated rings. The van der Waals surface area contributed by atoms with Gasteiger partial charge in [-0.05, 0) is 61.6 Å². The number of hydrogen-bond donors (Lipinski definition) is 1. The maximum atomic E-state index is 13.6. The van der Waals surface area contributed by atoms with E-state index in [2.05, 4.69) is 15.0 Å². The molecule has 202 valence electrons. The molecule has 0 amide bonds. The van der Waals surface area contributed by atoms with Crippen molar-refractivity contribution in [3.8, 4) is 0 Å². The molecule has 0 spiro atoms. The summed E-state index contributed by atoms with van der Waals surface area (Å²) in [7, 11) is -3.96. The van der Waals surface area contributed by atoms with Gasteiger partial charge in [0.1, 0.15) is 23.8 Å². The zero-order chi connectivity index (χ0) is 26.7. The Morgan fingerprint density at radius 3 is 2.31 bits per heavy atom. The molecular formula is C22H36N5O7PS. The molecule has 12 nitrogen and oxygen atoms in total. The van der Waals surface area contributed by atoms with Crippen LogP contribution in [0.1, 0.15) is 61.6 Å². The van der Waals surface area contributed by atoms with Crippen LogP contribution in [0.25, 0.3) is 11.2 Å². The Morgan fingerprint density at radius 1 is 1.11 bits per heavy atom. The van der Waals surface area contributed by atoms with Crippen molar-refractivity contribution in [2.45, 2.75) is 102 Å². The minimum atomic E-state index is -3.96. The molecule has 0 bridgehead atoms. The number of phosphoric ester groups is 1. The van der Waals surface area contributed by atoms with Gasteiger partial charge in [-0.25, -0.2) is 19.5 Å². The largest absolute Gasteiger partial charge is 0.475 e. The Labute approximate surface area is 215 Å². The predicted molar refractivity (Wildman–Crippen MR) is 134 cm³/mol. The van der Waals surface area contributed by atoms with E-state index in [1.807, 2.05) is 20.1 Å². The summed E-state index contributed by atoms with van der Waals surface area (Å²) in [5, 5.41) is 0.514. The molecule has 0 saturated carbocycles. The number of hydrogen-bond acceptors (Lipinski definition) is 12. The maximum absolute atomic E-state index is 13.6. The SMILES string of the molecule is CSc1nc(N)c2ncn([C@@H]3O[C@H](COP(=O)(OC(C)(C)C)OC(C)(C)C)[C@H]4OC(C)(C)O[C@H]43)c2n1. The summed E-state index contributed by atoms with van der Waals surface area (Å²) >= 11 is 1.37. The van der Waals surface area contributed by atoms with E-state index >= 15 is 0 Å². The number of imidazole rings is 1. The minimum absolute atomic E-state index is 0.111. The minimum Gasteiger partial charge on any atom is -0.382 e. The van der Waals surface area contributed by atoms with E-state index in [4.69, 9.17) is 33.5 Å². The van der Waals surface area contributed by atoms with Crippen molar-refractivity contribution in [2.24, 2.45) is 0 Å². The third-order valence-corrected chi connectivity index (χ3v) is 7.73. The molecule has 0 radical (unpaired) electrons. The number of nitrogens with two attached hydrogens (primary N) is 1. The quantitative estimate of drug-likeness (QED) is 0.301. The molecule has 4 rings (SSSR count). The summed E-state index contributed by atoms with van der Waals surface area (Å²) in [6.45, 7) is 14.2. The van der Waals surface area contributed by atoms with Gasteiger partial charge in [0, 0.05) is 0 Å². The fourth-order valence-electron chi connectivity index (χ4n) is 4.12.